The molecule has 4 rings (SSSR count). The van der Waals surface area contributed by atoms with E-state index in [0.29, 0.717) is 35.7 Å². The Labute approximate surface area is 204 Å². The molecule has 1 aliphatic rings. The number of nitro groups is 2. The highest BCUT2D eigenvalue weighted by atomic mass is 19.1. The van der Waals surface area contributed by atoms with Gasteiger partial charge in [-0.15, -0.1) is 0 Å². The summed E-state index contributed by atoms with van der Waals surface area (Å²) < 4.78 is 30.3. The molecular formula is C24H22FN3O8. The van der Waals surface area contributed by atoms with Crippen molar-refractivity contribution >= 4 is 17.3 Å². The lowest BCUT2D eigenvalue weighted by atomic mass is 9.94. The summed E-state index contributed by atoms with van der Waals surface area (Å²) in [4.78, 5) is 37.6. The number of hydrogen-bond acceptors (Lipinski definition) is 9. The quantitative estimate of drug-likeness (QED) is 0.229. The van der Waals surface area contributed by atoms with Gasteiger partial charge in [-0.25, -0.2) is 14.2 Å². The molecule has 12 heteroatoms. The number of hydrogen-bond donors (Lipinski definition) is 0. The van der Waals surface area contributed by atoms with Crippen molar-refractivity contribution in [3.63, 3.8) is 0 Å². The number of esters is 1. The van der Waals surface area contributed by atoms with Crippen LogP contribution in [0.2, 0.25) is 0 Å². The third-order valence-electron chi connectivity index (χ3n) is 5.85. The Balaban J connectivity index is 1.37. The maximum Gasteiger partial charge on any atom is 0.338 e. The molecule has 0 saturated heterocycles. The Kier molecular flexibility index (Phi) is 7.34. The van der Waals surface area contributed by atoms with Crippen LogP contribution in [0.5, 0.6) is 0 Å². The molecule has 1 aliphatic carbocycles. The van der Waals surface area contributed by atoms with Crippen LogP contribution in [0.1, 0.15) is 47.5 Å². The standard InChI is InChI=1S/C24H22FN3O8/c1-14-22(26-23(35-14)15-5-7-17(25)8-6-15)13-34-20-3-2-4-21(12-20)36-24(29)16-9-18(27(30)31)11-19(10-16)28(32)33/h5-11,20-21H,2-4,12-13H2,1H3. The van der Waals surface area contributed by atoms with E-state index in [1.54, 1.807) is 19.1 Å². The van der Waals surface area contributed by atoms with Crippen LogP contribution in [-0.4, -0.2) is 33.0 Å². The Hall–Kier alpha value is -4.19. The fourth-order valence-electron chi connectivity index (χ4n) is 3.98. The fourth-order valence-corrected chi connectivity index (χ4v) is 3.98. The predicted octanol–water partition coefficient (Wildman–Crippen LogP) is 5.29. The van der Waals surface area contributed by atoms with E-state index in [4.69, 9.17) is 13.9 Å². The van der Waals surface area contributed by atoms with Gasteiger partial charge in [0.2, 0.25) is 5.89 Å². The van der Waals surface area contributed by atoms with Gasteiger partial charge in [-0.2, -0.15) is 0 Å². The minimum absolute atomic E-state index is 0.166. The average Bonchev–Trinajstić information content (AvgIpc) is 3.23. The molecule has 1 aromatic heterocycles. The van der Waals surface area contributed by atoms with Gasteiger partial charge < -0.3 is 13.9 Å². The zero-order valence-electron chi connectivity index (χ0n) is 19.2. The van der Waals surface area contributed by atoms with Crippen molar-refractivity contribution in [3.05, 3.63) is 85.5 Å². The van der Waals surface area contributed by atoms with Gasteiger partial charge in [-0.3, -0.25) is 20.2 Å². The molecule has 2 aromatic carbocycles. The smallest absolute Gasteiger partial charge is 0.338 e. The number of aryl methyl sites for hydroxylation is 1. The number of aromatic nitrogens is 1. The number of carbonyl (C=O) groups excluding carboxylic acids is 1. The Morgan fingerprint density at radius 2 is 1.72 bits per heavy atom. The van der Waals surface area contributed by atoms with Crippen LogP contribution in [0.15, 0.2) is 46.9 Å². The summed E-state index contributed by atoms with van der Waals surface area (Å²) in [6.07, 6.45) is 1.67. The number of oxazole rings is 1. The van der Waals surface area contributed by atoms with Crippen LogP contribution < -0.4 is 0 Å². The third kappa shape index (κ3) is 5.89. The number of nitrogens with zero attached hydrogens (tertiary/aromatic N) is 3. The van der Waals surface area contributed by atoms with Crippen LogP contribution in [0.4, 0.5) is 15.8 Å². The number of carbonyl (C=O) groups is 1. The SMILES string of the molecule is Cc1oc(-c2ccc(F)cc2)nc1COC1CCCC(OC(=O)c2cc([N+](=O)[O-])cc([N+](=O)[O-])c2)C1. The zero-order valence-corrected chi connectivity index (χ0v) is 19.2. The van der Waals surface area contributed by atoms with Gasteiger partial charge in [0.25, 0.3) is 11.4 Å². The Bertz CT molecular complexity index is 1260. The third-order valence-corrected chi connectivity index (χ3v) is 5.85. The highest BCUT2D eigenvalue weighted by molar-refractivity contribution is 5.91. The van der Waals surface area contributed by atoms with Crippen molar-refractivity contribution in [2.75, 3.05) is 0 Å². The summed E-state index contributed by atoms with van der Waals surface area (Å²) in [5.74, 6) is -0.307. The molecule has 0 bridgehead atoms. The second kappa shape index (κ2) is 10.6. The van der Waals surface area contributed by atoms with E-state index in [1.807, 2.05) is 0 Å². The van der Waals surface area contributed by atoms with Crippen LogP contribution in [0, 0.1) is 33.0 Å². The van der Waals surface area contributed by atoms with Crippen molar-refractivity contribution in [3.8, 4) is 11.5 Å². The number of non-ortho nitro benzene ring substituents is 2. The van der Waals surface area contributed by atoms with Crippen LogP contribution in [0.3, 0.4) is 0 Å². The van der Waals surface area contributed by atoms with E-state index >= 15 is 0 Å². The summed E-state index contributed by atoms with van der Waals surface area (Å²) in [6, 6.07) is 8.48. The molecule has 11 nitrogen and oxygen atoms in total. The highest BCUT2D eigenvalue weighted by Crippen LogP contribution is 2.28. The largest absolute Gasteiger partial charge is 0.459 e. The van der Waals surface area contributed by atoms with Gasteiger partial charge in [0.05, 0.1) is 34.2 Å². The number of benzene rings is 2. The van der Waals surface area contributed by atoms with E-state index < -0.39 is 33.3 Å². The summed E-state index contributed by atoms with van der Waals surface area (Å²) in [5, 5.41) is 22.2. The first-order chi connectivity index (χ1) is 17.2. The minimum atomic E-state index is -0.872. The number of halogens is 1. The minimum Gasteiger partial charge on any atom is -0.459 e. The van der Waals surface area contributed by atoms with Crippen LogP contribution >= 0.6 is 0 Å². The molecule has 0 radical (unpaired) electrons. The van der Waals surface area contributed by atoms with E-state index in [1.165, 1.54) is 12.1 Å². The predicted molar refractivity (Wildman–Crippen MR) is 123 cm³/mol. The molecule has 0 spiro atoms. The van der Waals surface area contributed by atoms with E-state index in [2.05, 4.69) is 4.98 Å². The molecule has 2 atom stereocenters. The fraction of sp³-hybridized carbons (Fsp3) is 0.333. The summed E-state index contributed by atoms with van der Waals surface area (Å²) in [6.45, 7) is 1.92. The molecule has 1 heterocycles. The lowest BCUT2D eigenvalue weighted by molar-refractivity contribution is -0.394. The Morgan fingerprint density at radius 3 is 2.36 bits per heavy atom. The molecule has 36 heavy (non-hydrogen) atoms. The molecule has 2 unspecified atom stereocenters. The molecule has 3 aromatic rings. The molecule has 1 fully saturated rings. The van der Waals surface area contributed by atoms with Crippen LogP contribution in [-0.2, 0) is 16.1 Å². The highest BCUT2D eigenvalue weighted by Gasteiger charge is 2.28. The second-order valence-corrected chi connectivity index (χ2v) is 8.41. The monoisotopic (exact) mass is 499 g/mol. The second-order valence-electron chi connectivity index (χ2n) is 8.41. The van der Waals surface area contributed by atoms with Gasteiger partial charge in [0, 0.05) is 24.1 Å². The van der Waals surface area contributed by atoms with Crippen LogP contribution in [0.25, 0.3) is 11.5 Å². The molecule has 0 amide bonds. The lowest BCUT2D eigenvalue weighted by Gasteiger charge is -2.28. The normalized spacial score (nSPS) is 17.5. The molecule has 188 valence electrons. The lowest BCUT2D eigenvalue weighted by Crippen LogP contribution is -2.30. The molecular weight excluding hydrogens is 477 g/mol. The molecule has 0 aliphatic heterocycles. The van der Waals surface area contributed by atoms with Crippen molar-refractivity contribution in [2.45, 2.75) is 51.4 Å². The first kappa shape index (κ1) is 24.9. The van der Waals surface area contributed by atoms with E-state index in [9.17, 15) is 29.4 Å². The maximum atomic E-state index is 13.2. The summed E-state index contributed by atoms with van der Waals surface area (Å²) in [7, 11) is 0. The maximum absolute atomic E-state index is 13.2. The van der Waals surface area contributed by atoms with Crippen molar-refractivity contribution in [2.24, 2.45) is 0 Å². The average molecular weight is 499 g/mol. The Morgan fingerprint density at radius 1 is 1.08 bits per heavy atom. The number of ether oxygens (including phenoxy) is 2. The molecule has 1 saturated carbocycles. The van der Waals surface area contributed by atoms with E-state index in [0.717, 1.165) is 31.0 Å². The summed E-state index contributed by atoms with van der Waals surface area (Å²) >= 11 is 0. The topological polar surface area (TPSA) is 148 Å². The first-order valence-corrected chi connectivity index (χ1v) is 11.2. The van der Waals surface area contributed by atoms with E-state index in [-0.39, 0.29) is 24.1 Å². The first-order valence-electron chi connectivity index (χ1n) is 11.2. The van der Waals surface area contributed by atoms with Gasteiger partial charge >= 0.3 is 5.97 Å². The van der Waals surface area contributed by atoms with Gasteiger partial charge in [0.1, 0.15) is 23.4 Å². The molecule has 0 N–H and O–H groups in total. The van der Waals surface area contributed by atoms with Gasteiger partial charge in [0.15, 0.2) is 0 Å². The van der Waals surface area contributed by atoms with Gasteiger partial charge in [-0.05, 0) is 50.5 Å². The van der Waals surface area contributed by atoms with Crippen molar-refractivity contribution in [1.82, 2.24) is 4.98 Å². The number of nitro benzene ring substituents is 2. The number of rotatable bonds is 8. The van der Waals surface area contributed by atoms with Crippen molar-refractivity contribution in [1.29, 1.82) is 0 Å². The summed E-state index contributed by atoms with van der Waals surface area (Å²) in [5.41, 5.74) is -0.160. The zero-order chi connectivity index (χ0) is 25.8. The van der Waals surface area contributed by atoms with Gasteiger partial charge in [-0.1, -0.05) is 0 Å². The van der Waals surface area contributed by atoms with Crippen molar-refractivity contribution < 1.29 is 32.9 Å².